The Balaban J connectivity index is 2.12. The van der Waals surface area contributed by atoms with E-state index in [0.29, 0.717) is 0 Å². The second kappa shape index (κ2) is 6.80. The highest BCUT2D eigenvalue weighted by atomic mass is 16.5. The number of carboxylic acid groups (broad SMARTS) is 1. The third kappa shape index (κ3) is 5.48. The van der Waals surface area contributed by atoms with E-state index in [9.17, 15) is 14.4 Å². The molecule has 102 valence electrons. The van der Waals surface area contributed by atoms with Gasteiger partial charge in [-0.1, -0.05) is 0 Å². The molecule has 1 saturated carbocycles. The van der Waals surface area contributed by atoms with Gasteiger partial charge in [0.05, 0.1) is 13.1 Å². The lowest BCUT2D eigenvalue weighted by atomic mass is 10.3. The van der Waals surface area contributed by atoms with Gasteiger partial charge in [-0.25, -0.2) is 9.59 Å². The monoisotopic (exact) mass is 259 g/mol. The van der Waals surface area contributed by atoms with Crippen molar-refractivity contribution in [3.05, 3.63) is 0 Å². The largest absolute Gasteiger partial charge is 0.479 e. The number of urea groups is 1. The molecule has 0 bridgehead atoms. The second-order valence-corrected chi connectivity index (χ2v) is 3.97. The summed E-state index contributed by atoms with van der Waals surface area (Å²) in [6.45, 7) is -0.297. The summed E-state index contributed by atoms with van der Waals surface area (Å²) in [5.74, 6) is -1.42. The minimum atomic E-state index is -1.16. The van der Waals surface area contributed by atoms with Crippen LogP contribution in [0.25, 0.3) is 0 Å². The first-order chi connectivity index (χ1) is 8.52. The fraction of sp³-hybridized carbons (Fsp3) is 0.700. The standard InChI is InChI=1S/C10H17N3O5/c1-18-7(9(15)16)4-11-10(17)12-5-8(14)13-6-2-3-6/h6-7H,2-5H2,1H3,(H,13,14)(H,15,16)(H2,11,12,17). The van der Waals surface area contributed by atoms with Crippen LogP contribution in [0.1, 0.15) is 12.8 Å². The summed E-state index contributed by atoms with van der Waals surface area (Å²) >= 11 is 0. The predicted octanol–water partition coefficient (Wildman–Crippen LogP) is -1.34. The molecule has 0 aromatic carbocycles. The number of methoxy groups -OCH3 is 1. The van der Waals surface area contributed by atoms with Crippen LogP contribution in [-0.2, 0) is 14.3 Å². The summed E-state index contributed by atoms with van der Waals surface area (Å²) in [6, 6.07) is -0.364. The van der Waals surface area contributed by atoms with Crippen LogP contribution in [0.5, 0.6) is 0 Å². The van der Waals surface area contributed by atoms with E-state index in [4.69, 9.17) is 5.11 Å². The Kier molecular flexibility index (Phi) is 5.37. The molecule has 0 saturated heterocycles. The van der Waals surface area contributed by atoms with Crippen LogP contribution < -0.4 is 16.0 Å². The molecule has 1 aliphatic rings. The molecule has 1 unspecified atom stereocenters. The molecule has 4 N–H and O–H groups in total. The molecule has 1 fully saturated rings. The Morgan fingerprint density at radius 1 is 1.33 bits per heavy atom. The topological polar surface area (TPSA) is 117 Å². The Labute approximate surface area is 104 Å². The van der Waals surface area contributed by atoms with E-state index >= 15 is 0 Å². The number of nitrogens with one attached hydrogen (secondary N) is 3. The van der Waals surface area contributed by atoms with E-state index < -0.39 is 18.1 Å². The van der Waals surface area contributed by atoms with Crippen molar-refractivity contribution < 1.29 is 24.2 Å². The van der Waals surface area contributed by atoms with Gasteiger partial charge in [0.25, 0.3) is 0 Å². The first-order valence-electron chi connectivity index (χ1n) is 5.59. The van der Waals surface area contributed by atoms with Crippen LogP contribution in [0.15, 0.2) is 0 Å². The van der Waals surface area contributed by atoms with Crippen molar-refractivity contribution in [3.63, 3.8) is 0 Å². The van der Waals surface area contributed by atoms with E-state index in [2.05, 4.69) is 20.7 Å². The number of hydrogen-bond donors (Lipinski definition) is 4. The highest BCUT2D eigenvalue weighted by molar-refractivity contribution is 5.84. The Morgan fingerprint density at radius 2 is 2.00 bits per heavy atom. The molecule has 0 aliphatic heterocycles. The van der Waals surface area contributed by atoms with Crippen LogP contribution in [-0.4, -0.2) is 55.4 Å². The Morgan fingerprint density at radius 3 is 2.50 bits per heavy atom. The normalized spacial score (nSPS) is 15.6. The molecule has 8 heteroatoms. The van der Waals surface area contributed by atoms with Gasteiger partial charge >= 0.3 is 12.0 Å². The molecule has 3 amide bonds. The van der Waals surface area contributed by atoms with Gasteiger partial charge in [0, 0.05) is 13.2 Å². The van der Waals surface area contributed by atoms with Crippen LogP contribution in [0, 0.1) is 0 Å². The second-order valence-electron chi connectivity index (χ2n) is 3.97. The Hall–Kier alpha value is -1.83. The van der Waals surface area contributed by atoms with Gasteiger partial charge in [0.15, 0.2) is 6.10 Å². The van der Waals surface area contributed by atoms with Crippen molar-refractivity contribution in [2.75, 3.05) is 20.2 Å². The lowest BCUT2D eigenvalue weighted by Crippen LogP contribution is -2.46. The number of ether oxygens (including phenoxy) is 1. The minimum Gasteiger partial charge on any atom is -0.479 e. The lowest BCUT2D eigenvalue weighted by Gasteiger charge is -2.12. The maximum absolute atomic E-state index is 11.2. The molecular weight excluding hydrogens is 242 g/mol. The SMILES string of the molecule is COC(CNC(=O)NCC(=O)NC1CC1)C(=O)O. The number of rotatable bonds is 7. The van der Waals surface area contributed by atoms with Crippen LogP contribution in [0.3, 0.4) is 0 Å². The van der Waals surface area contributed by atoms with E-state index in [-0.39, 0.29) is 25.0 Å². The van der Waals surface area contributed by atoms with Gasteiger partial charge in [-0.3, -0.25) is 4.79 Å². The average molecular weight is 259 g/mol. The lowest BCUT2D eigenvalue weighted by molar-refractivity contribution is -0.148. The van der Waals surface area contributed by atoms with Gasteiger partial charge in [0.1, 0.15) is 0 Å². The molecule has 0 aromatic heterocycles. The van der Waals surface area contributed by atoms with Gasteiger partial charge < -0.3 is 25.8 Å². The molecule has 18 heavy (non-hydrogen) atoms. The molecule has 0 heterocycles. The molecule has 1 atom stereocenters. The Bertz CT molecular complexity index is 329. The molecule has 0 aromatic rings. The van der Waals surface area contributed by atoms with E-state index in [0.717, 1.165) is 12.8 Å². The van der Waals surface area contributed by atoms with Crippen molar-refractivity contribution in [3.8, 4) is 0 Å². The first-order valence-corrected chi connectivity index (χ1v) is 5.59. The van der Waals surface area contributed by atoms with Crippen molar-refractivity contribution in [2.45, 2.75) is 25.0 Å². The van der Waals surface area contributed by atoms with E-state index in [1.165, 1.54) is 7.11 Å². The molecule has 8 nitrogen and oxygen atoms in total. The molecule has 1 aliphatic carbocycles. The highest BCUT2D eigenvalue weighted by Gasteiger charge is 2.23. The maximum Gasteiger partial charge on any atom is 0.334 e. The fourth-order valence-electron chi connectivity index (χ4n) is 1.19. The van der Waals surface area contributed by atoms with Crippen LogP contribution >= 0.6 is 0 Å². The number of carbonyl (C=O) groups is 3. The van der Waals surface area contributed by atoms with Crippen molar-refractivity contribution >= 4 is 17.9 Å². The third-order valence-electron chi connectivity index (χ3n) is 2.36. The molecule has 1 rings (SSSR count). The summed E-state index contributed by atoms with van der Waals surface area (Å²) in [5, 5.41) is 16.0. The first kappa shape index (κ1) is 14.2. The zero-order valence-corrected chi connectivity index (χ0v) is 10.1. The molecule has 0 radical (unpaired) electrons. The average Bonchev–Trinajstić information content (AvgIpc) is 3.10. The van der Waals surface area contributed by atoms with Crippen LogP contribution in [0.4, 0.5) is 4.79 Å². The number of hydrogen-bond acceptors (Lipinski definition) is 4. The number of carbonyl (C=O) groups excluding carboxylic acids is 2. The van der Waals surface area contributed by atoms with Crippen molar-refractivity contribution in [1.29, 1.82) is 0 Å². The maximum atomic E-state index is 11.2. The van der Waals surface area contributed by atoms with Crippen LogP contribution in [0.2, 0.25) is 0 Å². The summed E-state index contributed by atoms with van der Waals surface area (Å²) in [7, 11) is 1.24. The highest BCUT2D eigenvalue weighted by Crippen LogP contribution is 2.18. The van der Waals surface area contributed by atoms with E-state index in [1.54, 1.807) is 0 Å². The zero-order valence-electron chi connectivity index (χ0n) is 10.1. The van der Waals surface area contributed by atoms with Gasteiger partial charge in [-0.15, -0.1) is 0 Å². The third-order valence-corrected chi connectivity index (χ3v) is 2.36. The number of amides is 3. The number of carboxylic acids is 1. The predicted molar refractivity (Wildman–Crippen MR) is 61.0 cm³/mol. The van der Waals surface area contributed by atoms with Gasteiger partial charge in [-0.2, -0.15) is 0 Å². The van der Waals surface area contributed by atoms with Crippen molar-refractivity contribution in [1.82, 2.24) is 16.0 Å². The summed E-state index contributed by atoms with van der Waals surface area (Å²) < 4.78 is 4.63. The quantitative estimate of drug-likeness (QED) is 0.451. The molecule has 0 spiro atoms. The van der Waals surface area contributed by atoms with Gasteiger partial charge in [-0.05, 0) is 12.8 Å². The summed E-state index contributed by atoms with van der Waals surface area (Å²) in [4.78, 5) is 33.0. The van der Waals surface area contributed by atoms with Gasteiger partial charge in [0.2, 0.25) is 5.91 Å². The number of aliphatic carboxylic acids is 1. The minimum absolute atomic E-state index is 0.132. The fourth-order valence-corrected chi connectivity index (χ4v) is 1.19. The molecular formula is C10H17N3O5. The van der Waals surface area contributed by atoms with Crippen molar-refractivity contribution in [2.24, 2.45) is 0 Å². The zero-order chi connectivity index (χ0) is 13.5. The smallest absolute Gasteiger partial charge is 0.334 e. The van der Waals surface area contributed by atoms with E-state index in [1.807, 2.05) is 0 Å². The summed E-state index contributed by atoms with van der Waals surface area (Å²) in [5.41, 5.74) is 0. The summed E-state index contributed by atoms with van der Waals surface area (Å²) in [6.07, 6.45) is 0.856.